The molecule has 2 aromatic carbocycles. The third-order valence-corrected chi connectivity index (χ3v) is 3.43. The topological polar surface area (TPSA) is 26.0 Å². The maximum absolute atomic E-state index is 13.6. The van der Waals surface area contributed by atoms with E-state index in [2.05, 4.69) is 0 Å². The number of halogens is 2. The summed E-state index contributed by atoms with van der Waals surface area (Å²) in [6.45, 7) is 0. The van der Waals surface area contributed by atoms with Crippen molar-refractivity contribution in [3.63, 3.8) is 0 Å². The Hall–Kier alpha value is -1.55. The van der Waals surface area contributed by atoms with Crippen LogP contribution in [-0.2, 0) is 5.75 Å². The highest BCUT2D eigenvalue weighted by molar-refractivity contribution is 7.98. The number of anilines is 1. The number of hydrogen-bond donors (Lipinski definition) is 1. The van der Waals surface area contributed by atoms with Crippen LogP contribution in [0.5, 0.6) is 0 Å². The summed E-state index contributed by atoms with van der Waals surface area (Å²) in [5.41, 5.74) is 6.07. The van der Waals surface area contributed by atoms with Gasteiger partial charge in [-0.3, -0.25) is 0 Å². The molecule has 17 heavy (non-hydrogen) atoms. The van der Waals surface area contributed by atoms with Gasteiger partial charge in [-0.05, 0) is 18.2 Å². The predicted molar refractivity (Wildman–Crippen MR) is 66.8 cm³/mol. The molecule has 0 saturated heterocycles. The van der Waals surface area contributed by atoms with Crippen LogP contribution in [0.15, 0.2) is 47.4 Å². The molecule has 0 bridgehead atoms. The molecule has 0 spiro atoms. The van der Waals surface area contributed by atoms with Crippen molar-refractivity contribution < 1.29 is 8.78 Å². The van der Waals surface area contributed by atoms with Gasteiger partial charge in [-0.15, -0.1) is 11.8 Å². The zero-order valence-electron chi connectivity index (χ0n) is 8.99. The van der Waals surface area contributed by atoms with Gasteiger partial charge in [0.2, 0.25) is 0 Å². The van der Waals surface area contributed by atoms with Crippen molar-refractivity contribution in [2.45, 2.75) is 10.6 Å². The van der Waals surface area contributed by atoms with Gasteiger partial charge in [0.15, 0.2) is 0 Å². The molecule has 1 nitrogen and oxygen atoms in total. The van der Waals surface area contributed by atoms with Crippen molar-refractivity contribution in [3.8, 4) is 0 Å². The summed E-state index contributed by atoms with van der Waals surface area (Å²) in [4.78, 5) is 0.509. The average Bonchev–Trinajstić information content (AvgIpc) is 2.33. The van der Waals surface area contributed by atoms with Crippen molar-refractivity contribution in [3.05, 3.63) is 59.7 Å². The molecular formula is C13H11F2NS. The Morgan fingerprint density at radius 1 is 1.00 bits per heavy atom. The minimum Gasteiger partial charge on any atom is -0.396 e. The van der Waals surface area contributed by atoms with E-state index >= 15 is 0 Å². The number of nitrogen functional groups attached to an aromatic ring is 1. The fourth-order valence-corrected chi connectivity index (χ4v) is 2.34. The number of nitrogens with two attached hydrogens (primary N) is 1. The summed E-state index contributed by atoms with van der Waals surface area (Å²) < 4.78 is 26.9. The van der Waals surface area contributed by atoms with Gasteiger partial charge in [0.1, 0.15) is 11.6 Å². The standard InChI is InChI=1S/C13H11F2NS/c14-10-5-1-2-7-12(10)17-8-9-4-3-6-11(16)13(9)15/h1-7H,8,16H2. The number of benzene rings is 2. The first-order chi connectivity index (χ1) is 8.18. The molecule has 0 radical (unpaired) electrons. The van der Waals surface area contributed by atoms with Crippen molar-refractivity contribution >= 4 is 17.4 Å². The van der Waals surface area contributed by atoms with Gasteiger partial charge in [0, 0.05) is 16.2 Å². The molecule has 88 valence electrons. The minimum atomic E-state index is -0.420. The maximum atomic E-state index is 13.6. The van der Waals surface area contributed by atoms with E-state index in [1.165, 1.54) is 23.9 Å². The summed E-state index contributed by atoms with van der Waals surface area (Å²) in [7, 11) is 0. The van der Waals surface area contributed by atoms with Crippen LogP contribution in [0.3, 0.4) is 0 Å². The smallest absolute Gasteiger partial charge is 0.150 e. The Balaban J connectivity index is 2.13. The van der Waals surface area contributed by atoms with Gasteiger partial charge in [0.05, 0.1) is 5.69 Å². The molecule has 0 atom stereocenters. The highest BCUT2D eigenvalue weighted by Gasteiger charge is 2.07. The molecule has 0 aliphatic carbocycles. The second kappa shape index (κ2) is 5.19. The quantitative estimate of drug-likeness (QED) is 0.662. The molecule has 0 fully saturated rings. The fraction of sp³-hybridized carbons (Fsp3) is 0.0769. The second-order valence-electron chi connectivity index (χ2n) is 3.54. The summed E-state index contributed by atoms with van der Waals surface area (Å²) in [6, 6.07) is 11.3. The molecule has 0 heterocycles. The molecule has 0 aliphatic rings. The van der Waals surface area contributed by atoms with Crippen LogP contribution in [0, 0.1) is 11.6 Å². The van der Waals surface area contributed by atoms with Gasteiger partial charge in [-0.25, -0.2) is 8.78 Å². The van der Waals surface area contributed by atoms with E-state index in [0.717, 1.165) is 0 Å². The lowest BCUT2D eigenvalue weighted by molar-refractivity contribution is 0.601. The van der Waals surface area contributed by atoms with Crippen molar-refractivity contribution in [1.29, 1.82) is 0 Å². The Labute approximate surface area is 103 Å². The van der Waals surface area contributed by atoms with Crippen molar-refractivity contribution in [1.82, 2.24) is 0 Å². The zero-order chi connectivity index (χ0) is 12.3. The van der Waals surface area contributed by atoms with Crippen LogP contribution in [0.25, 0.3) is 0 Å². The van der Waals surface area contributed by atoms with Crippen LogP contribution in [0.2, 0.25) is 0 Å². The normalized spacial score (nSPS) is 10.5. The monoisotopic (exact) mass is 251 g/mol. The summed E-state index contributed by atoms with van der Waals surface area (Å²) >= 11 is 1.25. The lowest BCUT2D eigenvalue weighted by Gasteiger charge is -2.05. The average molecular weight is 251 g/mol. The summed E-state index contributed by atoms with van der Waals surface area (Å²) in [5.74, 6) is -0.351. The van der Waals surface area contributed by atoms with Gasteiger partial charge in [0.25, 0.3) is 0 Å². The first kappa shape index (κ1) is 11.9. The van der Waals surface area contributed by atoms with Crippen molar-refractivity contribution in [2.24, 2.45) is 0 Å². The van der Waals surface area contributed by atoms with E-state index in [9.17, 15) is 8.78 Å². The Kier molecular flexibility index (Phi) is 3.64. The van der Waals surface area contributed by atoms with Crippen LogP contribution in [0.1, 0.15) is 5.56 Å². The van der Waals surface area contributed by atoms with E-state index in [0.29, 0.717) is 16.2 Å². The lowest BCUT2D eigenvalue weighted by atomic mass is 10.2. The summed E-state index contributed by atoms with van der Waals surface area (Å²) in [5, 5.41) is 0. The molecule has 0 unspecified atom stereocenters. The fourth-order valence-electron chi connectivity index (χ4n) is 1.43. The van der Waals surface area contributed by atoms with Gasteiger partial charge in [-0.2, -0.15) is 0 Å². The predicted octanol–water partition coefficient (Wildman–Crippen LogP) is 3.84. The van der Waals surface area contributed by atoms with E-state index in [4.69, 9.17) is 5.73 Å². The third kappa shape index (κ3) is 2.77. The third-order valence-electron chi connectivity index (χ3n) is 2.33. The lowest BCUT2D eigenvalue weighted by Crippen LogP contribution is -1.95. The van der Waals surface area contributed by atoms with Crippen LogP contribution >= 0.6 is 11.8 Å². The molecule has 4 heteroatoms. The first-order valence-corrected chi connectivity index (χ1v) is 6.07. The van der Waals surface area contributed by atoms with E-state index in [-0.39, 0.29) is 11.5 Å². The number of hydrogen-bond acceptors (Lipinski definition) is 2. The molecular weight excluding hydrogens is 240 g/mol. The molecule has 2 rings (SSSR count). The van der Waals surface area contributed by atoms with Gasteiger partial charge in [-0.1, -0.05) is 24.3 Å². The molecule has 0 aromatic heterocycles. The van der Waals surface area contributed by atoms with Crippen LogP contribution < -0.4 is 5.73 Å². The molecule has 0 amide bonds. The molecule has 0 aliphatic heterocycles. The molecule has 0 saturated carbocycles. The van der Waals surface area contributed by atoms with Crippen molar-refractivity contribution in [2.75, 3.05) is 5.73 Å². The Morgan fingerprint density at radius 2 is 1.76 bits per heavy atom. The highest BCUT2D eigenvalue weighted by Crippen LogP contribution is 2.27. The maximum Gasteiger partial charge on any atom is 0.150 e. The Morgan fingerprint density at radius 3 is 2.53 bits per heavy atom. The van der Waals surface area contributed by atoms with Crippen LogP contribution in [0.4, 0.5) is 14.5 Å². The largest absolute Gasteiger partial charge is 0.396 e. The zero-order valence-corrected chi connectivity index (χ0v) is 9.81. The molecule has 2 aromatic rings. The molecule has 2 N–H and O–H groups in total. The number of thioether (sulfide) groups is 1. The highest BCUT2D eigenvalue weighted by atomic mass is 32.2. The van der Waals surface area contributed by atoms with E-state index in [1.807, 2.05) is 0 Å². The Bertz CT molecular complexity index is 529. The van der Waals surface area contributed by atoms with E-state index < -0.39 is 5.82 Å². The van der Waals surface area contributed by atoms with Crippen LogP contribution in [-0.4, -0.2) is 0 Å². The SMILES string of the molecule is Nc1cccc(CSc2ccccc2F)c1F. The first-order valence-electron chi connectivity index (χ1n) is 5.08. The number of rotatable bonds is 3. The van der Waals surface area contributed by atoms with Gasteiger partial charge < -0.3 is 5.73 Å². The minimum absolute atomic E-state index is 0.122. The second-order valence-corrected chi connectivity index (χ2v) is 4.56. The van der Waals surface area contributed by atoms with Gasteiger partial charge >= 0.3 is 0 Å². The van der Waals surface area contributed by atoms with E-state index in [1.54, 1.807) is 30.3 Å². The summed E-state index contributed by atoms with van der Waals surface area (Å²) in [6.07, 6.45) is 0.